The molecule has 0 atom stereocenters. The zero-order valence-electron chi connectivity index (χ0n) is 16.8. The number of urea groups is 1. The van der Waals surface area contributed by atoms with Gasteiger partial charge >= 0.3 is 6.03 Å². The molecule has 0 bridgehead atoms. The van der Waals surface area contributed by atoms with Crippen LogP contribution in [0.25, 0.3) is 0 Å². The number of carbonyl (C=O) groups is 1. The number of amides is 2. The van der Waals surface area contributed by atoms with E-state index in [1.165, 1.54) is 0 Å². The summed E-state index contributed by atoms with van der Waals surface area (Å²) in [6.07, 6.45) is 2.13. The van der Waals surface area contributed by atoms with Crippen molar-refractivity contribution in [2.75, 3.05) is 37.9 Å². The van der Waals surface area contributed by atoms with E-state index in [4.69, 9.17) is 15.2 Å². The second-order valence-electron chi connectivity index (χ2n) is 6.72. The molecule has 0 unspecified atom stereocenters. The summed E-state index contributed by atoms with van der Waals surface area (Å²) in [4.78, 5) is 18.4. The molecular weight excluding hydrogens is 370 g/mol. The Kier molecular flexibility index (Phi) is 6.78. The van der Waals surface area contributed by atoms with Gasteiger partial charge in [-0.25, -0.2) is 9.79 Å². The van der Waals surface area contributed by atoms with Crippen LogP contribution in [0.3, 0.4) is 0 Å². The minimum atomic E-state index is -0.0576. The number of nitrogens with two attached hydrogens (primary N) is 1. The van der Waals surface area contributed by atoms with Gasteiger partial charge in [0.25, 0.3) is 0 Å². The highest BCUT2D eigenvalue weighted by Crippen LogP contribution is 2.29. The molecule has 8 heteroatoms. The predicted molar refractivity (Wildman–Crippen MR) is 115 cm³/mol. The van der Waals surface area contributed by atoms with Crippen molar-refractivity contribution in [3.63, 3.8) is 0 Å². The van der Waals surface area contributed by atoms with Crippen molar-refractivity contribution in [1.29, 1.82) is 0 Å². The SMILES string of the molecule is COc1ccc(NC(N)=NCc2cccc(NC(=O)N3CCCC3)c2)cc1OC. The Morgan fingerprint density at radius 1 is 1.03 bits per heavy atom. The van der Waals surface area contributed by atoms with Crippen LogP contribution in [0, 0.1) is 0 Å². The number of hydrogen-bond acceptors (Lipinski definition) is 4. The van der Waals surface area contributed by atoms with E-state index in [9.17, 15) is 4.79 Å². The minimum Gasteiger partial charge on any atom is -0.493 e. The van der Waals surface area contributed by atoms with E-state index in [-0.39, 0.29) is 12.0 Å². The number of anilines is 2. The number of aliphatic imine (C=N–C) groups is 1. The molecule has 2 amide bonds. The monoisotopic (exact) mass is 397 g/mol. The van der Waals surface area contributed by atoms with Crippen LogP contribution < -0.4 is 25.8 Å². The zero-order valence-corrected chi connectivity index (χ0v) is 16.8. The van der Waals surface area contributed by atoms with Gasteiger partial charge in [-0.2, -0.15) is 0 Å². The molecule has 0 aliphatic carbocycles. The Morgan fingerprint density at radius 3 is 2.48 bits per heavy atom. The van der Waals surface area contributed by atoms with Crippen LogP contribution in [0.4, 0.5) is 16.2 Å². The molecule has 154 valence electrons. The van der Waals surface area contributed by atoms with Gasteiger partial charge in [-0.1, -0.05) is 12.1 Å². The lowest BCUT2D eigenvalue weighted by molar-refractivity contribution is 0.222. The normalized spacial score (nSPS) is 13.9. The second-order valence-corrected chi connectivity index (χ2v) is 6.72. The maximum absolute atomic E-state index is 12.2. The molecule has 1 saturated heterocycles. The van der Waals surface area contributed by atoms with E-state index < -0.39 is 0 Å². The molecule has 29 heavy (non-hydrogen) atoms. The van der Waals surface area contributed by atoms with E-state index in [1.54, 1.807) is 26.4 Å². The Hall–Kier alpha value is -3.42. The molecule has 2 aromatic rings. The van der Waals surface area contributed by atoms with E-state index in [1.807, 2.05) is 35.2 Å². The molecule has 0 saturated carbocycles. The van der Waals surface area contributed by atoms with Gasteiger partial charge in [-0.3, -0.25) is 0 Å². The Bertz CT molecular complexity index is 878. The first-order chi connectivity index (χ1) is 14.1. The maximum atomic E-state index is 12.2. The molecule has 0 aromatic heterocycles. The summed E-state index contributed by atoms with van der Waals surface area (Å²) >= 11 is 0. The number of nitrogens with one attached hydrogen (secondary N) is 2. The van der Waals surface area contributed by atoms with Crippen LogP contribution in [-0.4, -0.2) is 44.2 Å². The van der Waals surface area contributed by atoms with Crippen molar-refractivity contribution >= 4 is 23.4 Å². The first-order valence-electron chi connectivity index (χ1n) is 9.53. The third-order valence-electron chi connectivity index (χ3n) is 4.66. The lowest BCUT2D eigenvalue weighted by atomic mass is 10.2. The molecule has 4 N–H and O–H groups in total. The van der Waals surface area contributed by atoms with Crippen molar-refractivity contribution in [2.24, 2.45) is 10.7 Å². The predicted octanol–water partition coefficient (Wildman–Crippen LogP) is 3.26. The summed E-state index contributed by atoms with van der Waals surface area (Å²) < 4.78 is 10.5. The first-order valence-corrected chi connectivity index (χ1v) is 9.53. The smallest absolute Gasteiger partial charge is 0.321 e. The first kappa shape index (κ1) is 20.3. The lowest BCUT2D eigenvalue weighted by Gasteiger charge is -2.16. The minimum absolute atomic E-state index is 0.0576. The lowest BCUT2D eigenvalue weighted by Crippen LogP contribution is -2.32. The Morgan fingerprint density at radius 2 is 1.76 bits per heavy atom. The highest BCUT2D eigenvalue weighted by atomic mass is 16.5. The fraction of sp³-hybridized carbons (Fsp3) is 0.333. The van der Waals surface area contributed by atoms with Crippen LogP contribution in [0.5, 0.6) is 11.5 Å². The van der Waals surface area contributed by atoms with Gasteiger partial charge in [-0.15, -0.1) is 0 Å². The highest BCUT2D eigenvalue weighted by molar-refractivity contribution is 5.92. The van der Waals surface area contributed by atoms with E-state index in [2.05, 4.69) is 15.6 Å². The molecule has 0 radical (unpaired) electrons. The highest BCUT2D eigenvalue weighted by Gasteiger charge is 2.17. The number of guanidine groups is 1. The summed E-state index contributed by atoms with van der Waals surface area (Å²) in [5.74, 6) is 1.52. The van der Waals surface area contributed by atoms with Gasteiger partial charge in [0, 0.05) is 30.5 Å². The van der Waals surface area contributed by atoms with Crippen LogP contribution in [-0.2, 0) is 6.54 Å². The summed E-state index contributed by atoms with van der Waals surface area (Å²) in [5.41, 5.74) is 8.45. The molecule has 8 nitrogen and oxygen atoms in total. The number of carbonyl (C=O) groups excluding carboxylic acids is 1. The number of likely N-dealkylation sites (tertiary alicyclic amines) is 1. The molecule has 2 aromatic carbocycles. The van der Waals surface area contributed by atoms with Gasteiger partial charge in [0.05, 0.1) is 20.8 Å². The topological polar surface area (TPSA) is 101 Å². The summed E-state index contributed by atoms with van der Waals surface area (Å²) in [6.45, 7) is 2.02. The largest absolute Gasteiger partial charge is 0.493 e. The van der Waals surface area contributed by atoms with Crippen molar-refractivity contribution in [1.82, 2.24) is 4.90 Å². The molecule has 0 spiro atoms. The zero-order chi connectivity index (χ0) is 20.6. The van der Waals surface area contributed by atoms with E-state index in [0.29, 0.717) is 18.0 Å². The van der Waals surface area contributed by atoms with Gasteiger partial charge in [0.2, 0.25) is 0 Å². The van der Waals surface area contributed by atoms with Crippen LogP contribution in [0.2, 0.25) is 0 Å². The molecule has 1 aliphatic rings. The van der Waals surface area contributed by atoms with E-state index in [0.717, 1.165) is 42.9 Å². The molecular formula is C21H27N5O3. The standard InChI is InChI=1S/C21H27N5O3/c1-28-18-9-8-17(13-19(18)29-2)24-20(22)23-14-15-6-5-7-16(12-15)25-21(27)26-10-3-4-11-26/h5-9,12-13H,3-4,10-11,14H2,1-2H3,(H,25,27)(H3,22,23,24). The summed E-state index contributed by atoms with van der Waals surface area (Å²) in [7, 11) is 3.16. The number of nitrogens with zero attached hydrogens (tertiary/aromatic N) is 2. The molecule has 1 fully saturated rings. The van der Waals surface area contributed by atoms with Crippen LogP contribution >= 0.6 is 0 Å². The van der Waals surface area contributed by atoms with Crippen LogP contribution in [0.1, 0.15) is 18.4 Å². The van der Waals surface area contributed by atoms with Gasteiger partial charge in [-0.05, 0) is 42.7 Å². The quantitative estimate of drug-likeness (QED) is 0.513. The van der Waals surface area contributed by atoms with Gasteiger partial charge in [0.15, 0.2) is 17.5 Å². The molecule has 3 rings (SSSR count). The van der Waals surface area contributed by atoms with Crippen molar-refractivity contribution in [2.45, 2.75) is 19.4 Å². The van der Waals surface area contributed by atoms with Gasteiger partial charge in [0.1, 0.15) is 0 Å². The van der Waals surface area contributed by atoms with Gasteiger partial charge < -0.3 is 30.7 Å². The average Bonchev–Trinajstić information content (AvgIpc) is 3.27. The summed E-state index contributed by atoms with van der Waals surface area (Å²) in [6, 6.07) is 13.0. The fourth-order valence-corrected chi connectivity index (χ4v) is 3.15. The molecule has 1 heterocycles. The van der Waals surface area contributed by atoms with Crippen molar-refractivity contribution in [3.8, 4) is 11.5 Å². The Labute approximate surface area is 170 Å². The van der Waals surface area contributed by atoms with Crippen molar-refractivity contribution < 1.29 is 14.3 Å². The van der Waals surface area contributed by atoms with Crippen molar-refractivity contribution in [3.05, 3.63) is 48.0 Å². The third-order valence-corrected chi connectivity index (χ3v) is 4.66. The molecule has 1 aliphatic heterocycles. The number of benzene rings is 2. The average molecular weight is 397 g/mol. The van der Waals surface area contributed by atoms with Crippen LogP contribution in [0.15, 0.2) is 47.5 Å². The number of ether oxygens (including phenoxy) is 2. The second kappa shape index (κ2) is 9.68. The Balaban J connectivity index is 1.59. The number of hydrogen-bond donors (Lipinski definition) is 3. The fourth-order valence-electron chi connectivity index (χ4n) is 3.15. The third kappa shape index (κ3) is 5.54. The number of methoxy groups -OCH3 is 2. The number of rotatable bonds is 6. The van der Waals surface area contributed by atoms with E-state index >= 15 is 0 Å². The summed E-state index contributed by atoms with van der Waals surface area (Å²) in [5, 5.41) is 5.98. The maximum Gasteiger partial charge on any atom is 0.321 e.